The van der Waals surface area contributed by atoms with Crippen LogP contribution in [0, 0.1) is 0 Å². The lowest BCUT2D eigenvalue weighted by atomic mass is 10.2. The SMILES string of the molecule is O=C(NC(C(=O)O)c1sccc1Br)OCc1ccccc1. The number of thiophene rings is 1. The molecule has 110 valence electrons. The summed E-state index contributed by atoms with van der Waals surface area (Å²) >= 11 is 4.50. The third-order valence-corrected chi connectivity index (χ3v) is 4.56. The monoisotopic (exact) mass is 369 g/mol. The Balaban J connectivity index is 1.96. The smallest absolute Gasteiger partial charge is 0.408 e. The van der Waals surface area contributed by atoms with Crippen molar-refractivity contribution >= 4 is 39.3 Å². The largest absolute Gasteiger partial charge is 0.479 e. The van der Waals surface area contributed by atoms with E-state index in [0.29, 0.717) is 9.35 Å². The van der Waals surface area contributed by atoms with Gasteiger partial charge in [-0.2, -0.15) is 0 Å². The number of ether oxygens (including phenoxy) is 1. The van der Waals surface area contributed by atoms with Crippen molar-refractivity contribution < 1.29 is 19.4 Å². The molecule has 0 aliphatic carbocycles. The lowest BCUT2D eigenvalue weighted by Gasteiger charge is -2.14. The third kappa shape index (κ3) is 4.30. The average molecular weight is 370 g/mol. The first kappa shape index (κ1) is 15.5. The molecule has 0 radical (unpaired) electrons. The van der Waals surface area contributed by atoms with Crippen LogP contribution in [0.25, 0.3) is 0 Å². The Hall–Kier alpha value is -1.86. The molecule has 0 spiro atoms. The van der Waals surface area contributed by atoms with Crippen LogP contribution >= 0.6 is 27.3 Å². The van der Waals surface area contributed by atoms with Crippen molar-refractivity contribution in [3.8, 4) is 0 Å². The van der Waals surface area contributed by atoms with E-state index in [1.54, 1.807) is 11.4 Å². The highest BCUT2D eigenvalue weighted by atomic mass is 79.9. The number of nitrogens with one attached hydrogen (secondary N) is 1. The highest BCUT2D eigenvalue weighted by Crippen LogP contribution is 2.29. The number of hydrogen-bond acceptors (Lipinski definition) is 4. The van der Waals surface area contributed by atoms with Crippen molar-refractivity contribution in [2.45, 2.75) is 12.6 Å². The predicted octanol–water partition coefficient (Wildman–Crippen LogP) is 3.56. The van der Waals surface area contributed by atoms with E-state index in [-0.39, 0.29) is 6.61 Å². The minimum absolute atomic E-state index is 0.0879. The molecule has 1 heterocycles. The van der Waals surface area contributed by atoms with E-state index in [9.17, 15) is 14.7 Å². The van der Waals surface area contributed by atoms with E-state index in [1.807, 2.05) is 30.3 Å². The molecule has 0 bridgehead atoms. The zero-order chi connectivity index (χ0) is 15.2. The highest BCUT2D eigenvalue weighted by molar-refractivity contribution is 9.10. The zero-order valence-electron chi connectivity index (χ0n) is 10.8. The van der Waals surface area contributed by atoms with Gasteiger partial charge in [-0.1, -0.05) is 30.3 Å². The first-order chi connectivity index (χ1) is 10.1. The molecule has 0 saturated carbocycles. The van der Waals surface area contributed by atoms with E-state index in [1.165, 1.54) is 11.3 Å². The number of carboxylic acid groups (broad SMARTS) is 1. The van der Waals surface area contributed by atoms with Gasteiger partial charge in [0.1, 0.15) is 6.61 Å². The second-order valence-corrected chi connectivity index (χ2v) is 5.91. The maximum atomic E-state index is 11.7. The van der Waals surface area contributed by atoms with Crippen LogP contribution in [0.5, 0.6) is 0 Å². The van der Waals surface area contributed by atoms with Gasteiger partial charge in [-0.15, -0.1) is 11.3 Å². The number of benzene rings is 1. The maximum Gasteiger partial charge on any atom is 0.408 e. The molecule has 0 aliphatic heterocycles. The van der Waals surface area contributed by atoms with Crippen LogP contribution < -0.4 is 5.32 Å². The van der Waals surface area contributed by atoms with Gasteiger partial charge in [-0.25, -0.2) is 9.59 Å². The minimum atomic E-state index is -1.14. The van der Waals surface area contributed by atoms with Crippen molar-refractivity contribution in [1.29, 1.82) is 0 Å². The molecule has 0 saturated heterocycles. The average Bonchev–Trinajstić information content (AvgIpc) is 2.89. The van der Waals surface area contributed by atoms with E-state index < -0.39 is 18.1 Å². The first-order valence-corrected chi connectivity index (χ1v) is 7.68. The van der Waals surface area contributed by atoms with Gasteiger partial charge in [0.25, 0.3) is 0 Å². The Morgan fingerprint density at radius 1 is 1.29 bits per heavy atom. The quantitative estimate of drug-likeness (QED) is 0.844. The van der Waals surface area contributed by atoms with Gasteiger partial charge in [0.15, 0.2) is 6.04 Å². The summed E-state index contributed by atoms with van der Waals surface area (Å²) < 4.78 is 5.66. The molecule has 7 heteroatoms. The Labute approximate surface area is 133 Å². The fraction of sp³-hybridized carbons (Fsp3) is 0.143. The van der Waals surface area contributed by atoms with E-state index in [0.717, 1.165) is 5.56 Å². The van der Waals surface area contributed by atoms with Gasteiger partial charge >= 0.3 is 12.1 Å². The molecule has 2 rings (SSSR count). The molecule has 2 N–H and O–H groups in total. The third-order valence-electron chi connectivity index (χ3n) is 2.63. The molecule has 1 amide bonds. The summed E-state index contributed by atoms with van der Waals surface area (Å²) in [5.41, 5.74) is 0.830. The summed E-state index contributed by atoms with van der Waals surface area (Å²) in [6.45, 7) is 0.0879. The van der Waals surface area contributed by atoms with Gasteiger partial charge < -0.3 is 15.2 Å². The van der Waals surface area contributed by atoms with E-state index in [4.69, 9.17) is 4.74 Å². The molecule has 5 nitrogen and oxygen atoms in total. The molecule has 2 aromatic rings. The van der Waals surface area contributed by atoms with E-state index in [2.05, 4.69) is 21.2 Å². The van der Waals surface area contributed by atoms with Gasteiger partial charge in [0, 0.05) is 4.47 Å². The van der Waals surface area contributed by atoms with Gasteiger partial charge in [-0.3, -0.25) is 0 Å². The molecule has 0 aliphatic rings. The number of rotatable bonds is 5. The van der Waals surface area contributed by atoms with Crippen LogP contribution in [0.15, 0.2) is 46.3 Å². The number of amides is 1. The van der Waals surface area contributed by atoms with Gasteiger partial charge in [0.05, 0.1) is 4.88 Å². The Morgan fingerprint density at radius 3 is 2.57 bits per heavy atom. The fourth-order valence-electron chi connectivity index (χ4n) is 1.63. The number of carbonyl (C=O) groups excluding carboxylic acids is 1. The molecular weight excluding hydrogens is 358 g/mol. The molecular formula is C14H12BrNO4S. The van der Waals surface area contributed by atoms with E-state index >= 15 is 0 Å². The van der Waals surface area contributed by atoms with Crippen molar-refractivity contribution in [1.82, 2.24) is 5.32 Å². The number of carbonyl (C=O) groups is 2. The van der Waals surface area contributed by atoms with Gasteiger partial charge in [-0.05, 0) is 32.9 Å². The van der Waals surface area contributed by atoms with Crippen molar-refractivity contribution in [2.24, 2.45) is 0 Å². The number of carboxylic acids is 1. The lowest BCUT2D eigenvalue weighted by molar-refractivity contribution is -0.139. The number of hydrogen-bond donors (Lipinski definition) is 2. The molecule has 1 unspecified atom stereocenters. The highest BCUT2D eigenvalue weighted by Gasteiger charge is 2.26. The van der Waals surface area contributed by atoms with Crippen LogP contribution in [0.3, 0.4) is 0 Å². The van der Waals surface area contributed by atoms with Crippen LogP contribution in [-0.4, -0.2) is 17.2 Å². The number of halogens is 1. The zero-order valence-corrected chi connectivity index (χ0v) is 13.2. The molecule has 21 heavy (non-hydrogen) atoms. The van der Waals surface area contributed by atoms with Crippen LogP contribution in [0.4, 0.5) is 4.79 Å². The number of alkyl carbamates (subject to hydrolysis) is 1. The maximum absolute atomic E-state index is 11.7. The predicted molar refractivity (Wildman–Crippen MR) is 82.2 cm³/mol. The summed E-state index contributed by atoms with van der Waals surface area (Å²) in [4.78, 5) is 23.5. The molecule has 0 fully saturated rings. The summed E-state index contributed by atoms with van der Waals surface area (Å²) in [6, 6.07) is 9.75. The standard InChI is InChI=1S/C14H12BrNO4S/c15-10-6-7-21-12(10)11(13(17)18)16-14(19)20-8-9-4-2-1-3-5-9/h1-7,11H,8H2,(H,16,19)(H,17,18). The van der Waals surface area contributed by atoms with Crippen LogP contribution in [0.1, 0.15) is 16.5 Å². The molecule has 1 atom stereocenters. The van der Waals surface area contributed by atoms with Crippen molar-refractivity contribution in [3.05, 3.63) is 56.7 Å². The lowest BCUT2D eigenvalue weighted by Crippen LogP contribution is -2.33. The summed E-state index contributed by atoms with van der Waals surface area (Å²) in [7, 11) is 0. The Bertz CT molecular complexity index is 629. The van der Waals surface area contributed by atoms with Crippen LogP contribution in [0.2, 0.25) is 0 Å². The minimum Gasteiger partial charge on any atom is -0.479 e. The number of aliphatic carboxylic acids is 1. The first-order valence-electron chi connectivity index (χ1n) is 6.01. The topological polar surface area (TPSA) is 75.6 Å². The Kier molecular flexibility index (Phi) is 5.35. The molecule has 1 aromatic heterocycles. The van der Waals surface area contributed by atoms with Gasteiger partial charge in [0.2, 0.25) is 0 Å². The second kappa shape index (κ2) is 7.24. The second-order valence-electron chi connectivity index (χ2n) is 4.11. The summed E-state index contributed by atoms with van der Waals surface area (Å²) in [5.74, 6) is -1.14. The van der Waals surface area contributed by atoms with Crippen LogP contribution in [-0.2, 0) is 16.1 Å². The van der Waals surface area contributed by atoms with Crippen molar-refractivity contribution in [2.75, 3.05) is 0 Å². The summed E-state index contributed by atoms with van der Waals surface area (Å²) in [6.07, 6.45) is -0.772. The summed E-state index contributed by atoms with van der Waals surface area (Å²) in [5, 5.41) is 13.3. The van der Waals surface area contributed by atoms with Crippen molar-refractivity contribution in [3.63, 3.8) is 0 Å². The molecule has 1 aromatic carbocycles. The Morgan fingerprint density at radius 2 is 2.00 bits per heavy atom. The fourth-order valence-corrected chi connectivity index (χ4v) is 3.28. The normalized spacial score (nSPS) is 11.7.